The monoisotopic (exact) mass is 354 g/mol. The highest BCUT2D eigenvalue weighted by Crippen LogP contribution is 2.28. The summed E-state index contributed by atoms with van der Waals surface area (Å²) >= 11 is 6.01. The van der Waals surface area contributed by atoms with Gasteiger partial charge in [0.05, 0.1) is 7.11 Å². The Hall–Kier alpha value is -2.59. The largest absolute Gasteiger partial charge is 0.496 e. The van der Waals surface area contributed by atoms with E-state index in [0.29, 0.717) is 22.5 Å². The lowest BCUT2D eigenvalue weighted by Gasteiger charge is -2.12. The summed E-state index contributed by atoms with van der Waals surface area (Å²) < 4.78 is 5.40. The molecule has 0 atom stereocenters. The second kappa shape index (κ2) is 7.11. The number of carbonyl (C=O) groups is 1. The molecule has 0 radical (unpaired) electrons. The lowest BCUT2D eigenvalue weighted by atomic mass is 9.99. The molecule has 0 aliphatic carbocycles. The number of amidine groups is 1. The molecule has 1 aliphatic heterocycles. The summed E-state index contributed by atoms with van der Waals surface area (Å²) in [4.78, 5) is 16.7. The molecule has 0 fully saturated rings. The second-order valence-corrected chi connectivity index (χ2v) is 6.55. The van der Waals surface area contributed by atoms with Crippen molar-refractivity contribution < 1.29 is 9.53 Å². The second-order valence-electron chi connectivity index (χ2n) is 6.11. The van der Waals surface area contributed by atoms with E-state index in [4.69, 9.17) is 16.3 Å². The molecule has 0 saturated carbocycles. The molecule has 0 spiro atoms. The van der Waals surface area contributed by atoms with E-state index in [2.05, 4.69) is 24.2 Å². The number of amides is 1. The van der Waals surface area contributed by atoms with Crippen molar-refractivity contribution in [3.05, 3.63) is 69.9 Å². The highest BCUT2D eigenvalue weighted by molar-refractivity contribution is 6.31. The van der Waals surface area contributed by atoms with Crippen LogP contribution in [-0.4, -0.2) is 18.9 Å². The van der Waals surface area contributed by atoms with Gasteiger partial charge < -0.3 is 10.1 Å². The summed E-state index contributed by atoms with van der Waals surface area (Å²) in [5.41, 5.74) is 3.15. The number of halogens is 1. The normalized spacial score (nSPS) is 15.5. The quantitative estimate of drug-likeness (QED) is 0.828. The van der Waals surface area contributed by atoms with Crippen molar-refractivity contribution in [2.75, 3.05) is 7.11 Å². The molecule has 1 heterocycles. The smallest absolute Gasteiger partial charge is 0.275 e. The third-order valence-corrected chi connectivity index (χ3v) is 4.21. The summed E-state index contributed by atoms with van der Waals surface area (Å²) in [7, 11) is 1.66. The van der Waals surface area contributed by atoms with Crippen LogP contribution in [0, 0.1) is 0 Å². The summed E-state index contributed by atoms with van der Waals surface area (Å²) in [6, 6.07) is 13.1. The maximum Gasteiger partial charge on any atom is 0.275 e. The Balaban J connectivity index is 1.96. The minimum Gasteiger partial charge on any atom is -0.496 e. The zero-order valence-corrected chi connectivity index (χ0v) is 15.1. The van der Waals surface area contributed by atoms with Gasteiger partial charge >= 0.3 is 0 Å². The van der Waals surface area contributed by atoms with Gasteiger partial charge in [-0.1, -0.05) is 43.6 Å². The molecular weight excluding hydrogens is 336 g/mol. The number of carbonyl (C=O) groups excluding carboxylic acids is 1. The van der Waals surface area contributed by atoms with Gasteiger partial charge in [0.2, 0.25) is 0 Å². The van der Waals surface area contributed by atoms with Crippen LogP contribution < -0.4 is 10.1 Å². The zero-order valence-electron chi connectivity index (χ0n) is 14.3. The Morgan fingerprint density at radius 1 is 1.20 bits per heavy atom. The Labute approximate surface area is 152 Å². The number of ether oxygens (including phenoxy) is 1. The fourth-order valence-electron chi connectivity index (χ4n) is 2.69. The van der Waals surface area contributed by atoms with Gasteiger partial charge in [-0.3, -0.25) is 4.79 Å². The molecule has 3 rings (SSSR count). The molecule has 5 heteroatoms. The van der Waals surface area contributed by atoms with Crippen LogP contribution in [0.5, 0.6) is 5.75 Å². The van der Waals surface area contributed by atoms with E-state index >= 15 is 0 Å². The Morgan fingerprint density at radius 3 is 2.68 bits per heavy atom. The van der Waals surface area contributed by atoms with E-state index in [-0.39, 0.29) is 5.91 Å². The minimum absolute atomic E-state index is 0.225. The first kappa shape index (κ1) is 17.2. The molecule has 0 bridgehead atoms. The van der Waals surface area contributed by atoms with Crippen LogP contribution in [0.4, 0.5) is 0 Å². The molecule has 2 aromatic rings. The SMILES string of the molecule is COc1ccc(/C=C2/N=C(c3cccc(Cl)c3)NC2=O)cc1C(C)C. The van der Waals surface area contributed by atoms with Crippen LogP contribution in [0.1, 0.15) is 36.5 Å². The van der Waals surface area contributed by atoms with E-state index in [1.807, 2.05) is 30.3 Å². The first-order valence-electron chi connectivity index (χ1n) is 8.03. The number of aliphatic imine (C=N–C) groups is 1. The van der Waals surface area contributed by atoms with E-state index in [1.165, 1.54) is 0 Å². The molecular formula is C20H19ClN2O2. The summed E-state index contributed by atoms with van der Waals surface area (Å²) in [5.74, 6) is 1.45. The lowest BCUT2D eigenvalue weighted by molar-refractivity contribution is -0.115. The van der Waals surface area contributed by atoms with Gasteiger partial charge in [-0.15, -0.1) is 0 Å². The lowest BCUT2D eigenvalue weighted by Crippen LogP contribution is -2.24. The third kappa shape index (κ3) is 3.74. The van der Waals surface area contributed by atoms with Gasteiger partial charge in [-0.05, 0) is 47.4 Å². The predicted molar refractivity (Wildman–Crippen MR) is 101 cm³/mol. The maximum absolute atomic E-state index is 12.2. The number of rotatable bonds is 4. The Kier molecular flexibility index (Phi) is 4.91. The van der Waals surface area contributed by atoms with Crippen molar-refractivity contribution in [3.63, 3.8) is 0 Å². The molecule has 25 heavy (non-hydrogen) atoms. The summed E-state index contributed by atoms with van der Waals surface area (Å²) in [6.45, 7) is 4.21. The van der Waals surface area contributed by atoms with Crippen LogP contribution in [0.2, 0.25) is 5.02 Å². The van der Waals surface area contributed by atoms with Gasteiger partial charge in [0.15, 0.2) is 0 Å². The number of nitrogens with zero attached hydrogens (tertiary/aromatic N) is 1. The first-order chi connectivity index (χ1) is 12.0. The van der Waals surface area contributed by atoms with E-state index in [9.17, 15) is 4.79 Å². The summed E-state index contributed by atoms with van der Waals surface area (Å²) in [5, 5.41) is 3.39. The van der Waals surface area contributed by atoms with Gasteiger partial charge in [-0.2, -0.15) is 0 Å². The number of benzene rings is 2. The molecule has 0 saturated heterocycles. The molecule has 0 unspecified atom stereocenters. The van der Waals surface area contributed by atoms with Crippen molar-refractivity contribution in [1.82, 2.24) is 5.32 Å². The first-order valence-corrected chi connectivity index (χ1v) is 8.41. The van der Waals surface area contributed by atoms with Crippen molar-refractivity contribution in [2.24, 2.45) is 4.99 Å². The van der Waals surface area contributed by atoms with Crippen LogP contribution in [0.15, 0.2) is 53.2 Å². The third-order valence-electron chi connectivity index (χ3n) is 3.97. The highest BCUT2D eigenvalue weighted by Gasteiger charge is 2.21. The van der Waals surface area contributed by atoms with Crippen molar-refractivity contribution in [2.45, 2.75) is 19.8 Å². The topological polar surface area (TPSA) is 50.7 Å². The number of hydrogen-bond acceptors (Lipinski definition) is 3. The zero-order chi connectivity index (χ0) is 18.0. The van der Waals surface area contributed by atoms with Gasteiger partial charge in [-0.25, -0.2) is 4.99 Å². The van der Waals surface area contributed by atoms with Crippen molar-refractivity contribution in [3.8, 4) is 5.75 Å². The predicted octanol–water partition coefficient (Wildman–Crippen LogP) is 4.39. The van der Waals surface area contributed by atoms with Gasteiger partial charge in [0.25, 0.3) is 5.91 Å². The van der Waals surface area contributed by atoms with Crippen LogP contribution in [-0.2, 0) is 4.79 Å². The maximum atomic E-state index is 12.2. The standard InChI is InChI=1S/C20H19ClN2O2/c1-12(2)16-9-13(7-8-18(16)25-3)10-17-20(24)23-19(22-17)14-5-4-6-15(21)11-14/h4-12H,1-3H3,(H,22,23,24)/b17-10+. The summed E-state index contributed by atoms with van der Waals surface area (Å²) in [6.07, 6.45) is 1.78. The molecule has 4 nitrogen and oxygen atoms in total. The van der Waals surface area contributed by atoms with Crippen molar-refractivity contribution >= 4 is 29.4 Å². The number of methoxy groups -OCH3 is 1. The van der Waals surface area contributed by atoms with Crippen LogP contribution in [0.3, 0.4) is 0 Å². The van der Waals surface area contributed by atoms with Crippen LogP contribution in [0.25, 0.3) is 6.08 Å². The fraction of sp³-hybridized carbons (Fsp3) is 0.200. The van der Waals surface area contributed by atoms with E-state index in [0.717, 1.165) is 22.4 Å². The minimum atomic E-state index is -0.225. The number of nitrogens with one attached hydrogen (secondary N) is 1. The van der Waals surface area contributed by atoms with Crippen LogP contribution >= 0.6 is 11.6 Å². The average Bonchev–Trinajstić information content (AvgIpc) is 2.95. The molecule has 1 aliphatic rings. The molecule has 1 amide bonds. The Bertz CT molecular complexity index is 885. The molecule has 2 aromatic carbocycles. The molecule has 0 aromatic heterocycles. The molecule has 128 valence electrons. The molecule has 1 N–H and O–H groups in total. The van der Waals surface area contributed by atoms with Gasteiger partial charge in [0, 0.05) is 10.6 Å². The number of hydrogen-bond donors (Lipinski definition) is 1. The van der Waals surface area contributed by atoms with E-state index < -0.39 is 0 Å². The average molecular weight is 355 g/mol. The Morgan fingerprint density at radius 2 is 2.00 bits per heavy atom. The van der Waals surface area contributed by atoms with E-state index in [1.54, 1.807) is 25.3 Å². The highest BCUT2D eigenvalue weighted by atomic mass is 35.5. The fourth-order valence-corrected chi connectivity index (χ4v) is 2.88. The van der Waals surface area contributed by atoms with Gasteiger partial charge in [0.1, 0.15) is 17.3 Å². The van der Waals surface area contributed by atoms with Crippen molar-refractivity contribution in [1.29, 1.82) is 0 Å².